The van der Waals surface area contributed by atoms with E-state index in [9.17, 15) is 4.79 Å². The summed E-state index contributed by atoms with van der Waals surface area (Å²) in [6.07, 6.45) is 1.17. The zero-order valence-corrected chi connectivity index (χ0v) is 7.02. The Morgan fingerprint density at radius 2 is 2.46 bits per heavy atom. The second-order valence-corrected chi connectivity index (χ2v) is 2.32. The minimum Gasteiger partial charge on any atom is -0.477 e. The number of hydrogen-bond acceptors (Lipinski definition) is 5. The van der Waals surface area contributed by atoms with Crippen LogP contribution in [0, 0.1) is 0 Å². The number of aromatic carboxylic acids is 1. The first-order valence-electron chi connectivity index (χ1n) is 3.48. The van der Waals surface area contributed by atoms with Gasteiger partial charge in [-0.1, -0.05) is 0 Å². The van der Waals surface area contributed by atoms with E-state index in [4.69, 9.17) is 15.6 Å². The van der Waals surface area contributed by atoms with Crippen molar-refractivity contribution in [3.63, 3.8) is 0 Å². The van der Waals surface area contributed by atoms with Crippen molar-refractivity contribution < 1.29 is 14.6 Å². The average molecular weight is 183 g/mol. The smallest absolute Gasteiger partial charge is 0.341 e. The standard InChI is InChI=1S/C7H9N3O3/c1-13-3-5-9-2-4(7(11)12)6(8)10-5/h2H,3H2,1H3,(H,11,12)(H2,8,9,10). The third kappa shape index (κ3) is 2.12. The molecule has 0 aliphatic carbocycles. The zero-order chi connectivity index (χ0) is 9.84. The molecule has 70 valence electrons. The van der Waals surface area contributed by atoms with E-state index in [2.05, 4.69) is 9.97 Å². The lowest BCUT2D eigenvalue weighted by atomic mass is 10.3. The minimum absolute atomic E-state index is 0.0467. The number of rotatable bonds is 3. The van der Waals surface area contributed by atoms with Crippen molar-refractivity contribution in [1.82, 2.24) is 9.97 Å². The summed E-state index contributed by atoms with van der Waals surface area (Å²) in [6.45, 7) is 0.212. The van der Waals surface area contributed by atoms with Gasteiger partial charge in [0.2, 0.25) is 0 Å². The predicted octanol–water partition coefficient (Wildman–Crippen LogP) is -0.0966. The van der Waals surface area contributed by atoms with Gasteiger partial charge in [0.15, 0.2) is 5.82 Å². The number of hydrogen-bond donors (Lipinski definition) is 2. The molecule has 1 heterocycles. The molecule has 0 radical (unpaired) electrons. The Bertz CT molecular complexity index is 327. The molecule has 0 saturated heterocycles. The number of nitrogen functional groups attached to an aromatic ring is 1. The maximum atomic E-state index is 10.5. The van der Waals surface area contributed by atoms with Gasteiger partial charge < -0.3 is 15.6 Å². The molecular formula is C7H9N3O3. The summed E-state index contributed by atoms with van der Waals surface area (Å²) in [5.41, 5.74) is 5.27. The van der Waals surface area contributed by atoms with E-state index in [-0.39, 0.29) is 18.0 Å². The number of methoxy groups -OCH3 is 1. The summed E-state index contributed by atoms with van der Waals surface area (Å²) in [5.74, 6) is -0.819. The molecule has 0 aliphatic rings. The van der Waals surface area contributed by atoms with Crippen molar-refractivity contribution in [3.8, 4) is 0 Å². The van der Waals surface area contributed by atoms with E-state index in [0.717, 1.165) is 0 Å². The van der Waals surface area contributed by atoms with E-state index in [1.807, 2.05) is 0 Å². The lowest BCUT2D eigenvalue weighted by Gasteiger charge is -2.01. The van der Waals surface area contributed by atoms with Gasteiger partial charge in [-0.3, -0.25) is 0 Å². The molecule has 0 atom stereocenters. The van der Waals surface area contributed by atoms with Gasteiger partial charge in [0.05, 0.1) is 0 Å². The van der Waals surface area contributed by atoms with Crippen LogP contribution in [0.15, 0.2) is 6.20 Å². The van der Waals surface area contributed by atoms with Crippen molar-refractivity contribution in [2.75, 3.05) is 12.8 Å². The number of anilines is 1. The van der Waals surface area contributed by atoms with E-state index >= 15 is 0 Å². The molecule has 0 aliphatic heterocycles. The van der Waals surface area contributed by atoms with Crippen LogP contribution in [0.3, 0.4) is 0 Å². The number of carboxylic acids is 1. The molecule has 0 saturated carbocycles. The number of carbonyl (C=O) groups is 1. The highest BCUT2D eigenvalue weighted by Crippen LogP contribution is 2.07. The molecule has 13 heavy (non-hydrogen) atoms. The summed E-state index contributed by atoms with van der Waals surface area (Å²) < 4.78 is 4.76. The average Bonchev–Trinajstić information content (AvgIpc) is 2.04. The van der Waals surface area contributed by atoms with E-state index in [1.54, 1.807) is 0 Å². The Hall–Kier alpha value is -1.69. The molecule has 3 N–H and O–H groups in total. The molecule has 0 spiro atoms. The summed E-state index contributed by atoms with van der Waals surface area (Å²) >= 11 is 0. The fourth-order valence-corrected chi connectivity index (χ4v) is 0.797. The van der Waals surface area contributed by atoms with Crippen molar-refractivity contribution >= 4 is 11.8 Å². The maximum absolute atomic E-state index is 10.5. The highest BCUT2D eigenvalue weighted by Gasteiger charge is 2.10. The van der Waals surface area contributed by atoms with Gasteiger partial charge in [0.25, 0.3) is 0 Å². The van der Waals surface area contributed by atoms with Crippen LogP contribution in [0.1, 0.15) is 16.2 Å². The number of nitrogens with zero attached hydrogens (tertiary/aromatic N) is 2. The number of ether oxygens (including phenoxy) is 1. The molecule has 0 fully saturated rings. The second-order valence-electron chi connectivity index (χ2n) is 2.32. The van der Waals surface area contributed by atoms with Crippen LogP contribution in [0.5, 0.6) is 0 Å². The van der Waals surface area contributed by atoms with Gasteiger partial charge in [0, 0.05) is 13.3 Å². The Morgan fingerprint density at radius 1 is 1.77 bits per heavy atom. The first kappa shape index (κ1) is 9.40. The second kappa shape index (κ2) is 3.81. The van der Waals surface area contributed by atoms with Crippen LogP contribution < -0.4 is 5.73 Å². The summed E-state index contributed by atoms with van der Waals surface area (Å²) in [6, 6.07) is 0. The Labute approximate surface area is 74.4 Å². The van der Waals surface area contributed by atoms with Crippen LogP contribution in [0.2, 0.25) is 0 Å². The van der Waals surface area contributed by atoms with Gasteiger partial charge in [-0.2, -0.15) is 0 Å². The minimum atomic E-state index is -1.14. The first-order valence-corrected chi connectivity index (χ1v) is 3.48. The van der Waals surface area contributed by atoms with E-state index in [0.29, 0.717) is 5.82 Å². The van der Waals surface area contributed by atoms with Crippen LogP contribution >= 0.6 is 0 Å². The van der Waals surface area contributed by atoms with Gasteiger partial charge in [-0.25, -0.2) is 14.8 Å². The molecule has 1 aromatic heterocycles. The number of nitrogens with two attached hydrogens (primary N) is 1. The van der Waals surface area contributed by atoms with Crippen molar-refractivity contribution in [2.45, 2.75) is 6.61 Å². The van der Waals surface area contributed by atoms with Gasteiger partial charge in [-0.15, -0.1) is 0 Å². The largest absolute Gasteiger partial charge is 0.477 e. The predicted molar refractivity (Wildman–Crippen MR) is 44.1 cm³/mol. The Balaban J connectivity index is 2.98. The first-order chi connectivity index (χ1) is 6.15. The van der Waals surface area contributed by atoms with Gasteiger partial charge in [0.1, 0.15) is 18.0 Å². The summed E-state index contributed by atoms with van der Waals surface area (Å²) in [7, 11) is 1.49. The molecular weight excluding hydrogens is 174 g/mol. The lowest BCUT2D eigenvalue weighted by molar-refractivity contribution is 0.0697. The van der Waals surface area contributed by atoms with Crippen LogP contribution in [0.4, 0.5) is 5.82 Å². The van der Waals surface area contributed by atoms with E-state index < -0.39 is 5.97 Å². The third-order valence-electron chi connectivity index (χ3n) is 1.37. The fourth-order valence-electron chi connectivity index (χ4n) is 0.797. The van der Waals surface area contributed by atoms with E-state index in [1.165, 1.54) is 13.3 Å². The normalized spacial score (nSPS) is 9.92. The Kier molecular flexibility index (Phi) is 2.76. The molecule has 6 heteroatoms. The zero-order valence-electron chi connectivity index (χ0n) is 7.02. The lowest BCUT2D eigenvalue weighted by Crippen LogP contribution is -2.08. The van der Waals surface area contributed by atoms with Crippen molar-refractivity contribution in [2.24, 2.45) is 0 Å². The maximum Gasteiger partial charge on any atom is 0.341 e. The molecule has 0 amide bonds. The molecule has 0 bridgehead atoms. The molecule has 6 nitrogen and oxygen atoms in total. The fraction of sp³-hybridized carbons (Fsp3) is 0.286. The number of aromatic nitrogens is 2. The van der Waals surface area contributed by atoms with Crippen LogP contribution in [0.25, 0.3) is 0 Å². The third-order valence-corrected chi connectivity index (χ3v) is 1.37. The monoisotopic (exact) mass is 183 g/mol. The molecule has 1 rings (SSSR count). The molecule has 0 aromatic carbocycles. The topological polar surface area (TPSA) is 98.3 Å². The molecule has 0 unspecified atom stereocenters. The molecule has 1 aromatic rings. The highest BCUT2D eigenvalue weighted by molar-refractivity contribution is 5.91. The van der Waals surface area contributed by atoms with Crippen LogP contribution in [-0.2, 0) is 11.3 Å². The summed E-state index contributed by atoms with van der Waals surface area (Å²) in [4.78, 5) is 18.0. The number of carboxylic acid groups (broad SMARTS) is 1. The van der Waals surface area contributed by atoms with Gasteiger partial charge in [-0.05, 0) is 0 Å². The SMILES string of the molecule is COCc1ncc(C(=O)O)c(N)n1. The summed E-state index contributed by atoms with van der Waals surface area (Å²) in [5, 5.41) is 8.60. The van der Waals surface area contributed by atoms with Crippen molar-refractivity contribution in [3.05, 3.63) is 17.6 Å². The van der Waals surface area contributed by atoms with Crippen molar-refractivity contribution in [1.29, 1.82) is 0 Å². The Morgan fingerprint density at radius 3 is 2.92 bits per heavy atom. The highest BCUT2D eigenvalue weighted by atomic mass is 16.5. The quantitative estimate of drug-likeness (QED) is 0.679. The van der Waals surface area contributed by atoms with Gasteiger partial charge >= 0.3 is 5.97 Å². The van der Waals surface area contributed by atoms with Crippen LogP contribution in [-0.4, -0.2) is 28.2 Å².